The number of nitrogens with zero attached hydrogens (tertiary/aromatic N) is 2. The van der Waals surface area contributed by atoms with Gasteiger partial charge in [0, 0.05) is 29.2 Å². The Morgan fingerprint density at radius 2 is 2.00 bits per heavy atom. The predicted octanol–water partition coefficient (Wildman–Crippen LogP) is 5.57. The van der Waals surface area contributed by atoms with E-state index in [0.717, 1.165) is 17.3 Å². The zero-order valence-electron chi connectivity index (χ0n) is 17.3. The number of halogens is 3. The fourth-order valence-electron chi connectivity index (χ4n) is 3.69. The molecule has 0 spiro atoms. The average Bonchev–Trinajstić information content (AvgIpc) is 3.15. The van der Waals surface area contributed by atoms with Crippen LogP contribution in [0.25, 0.3) is 10.9 Å². The number of nitrogens with one attached hydrogen (secondary N) is 1. The number of aliphatic imine (C=N–C) groups is 1. The van der Waals surface area contributed by atoms with E-state index in [2.05, 4.69) is 9.98 Å². The molecule has 0 amide bonds. The van der Waals surface area contributed by atoms with Crippen molar-refractivity contribution in [1.82, 2.24) is 4.98 Å². The number of Topliss-reactive ketones (excluding diaryl/α,β-unsaturated/α-hetero) is 1. The molecule has 0 aliphatic rings. The van der Waals surface area contributed by atoms with E-state index in [0.29, 0.717) is 40.2 Å². The van der Waals surface area contributed by atoms with Gasteiger partial charge in [-0.1, -0.05) is 13.0 Å². The number of hydrogen-bond acceptors (Lipinski definition) is 4. The average molecular weight is 426 g/mol. The summed E-state index contributed by atoms with van der Waals surface area (Å²) in [5, 5.41) is 9.36. The first-order valence-corrected chi connectivity index (χ1v) is 9.64. The molecule has 0 saturated heterocycles. The van der Waals surface area contributed by atoms with E-state index in [9.17, 15) is 18.0 Å². The van der Waals surface area contributed by atoms with Crippen molar-refractivity contribution in [3.05, 3.63) is 58.3 Å². The number of nitriles is 1. The molecule has 0 atom stereocenters. The van der Waals surface area contributed by atoms with Crippen LogP contribution in [0.4, 0.5) is 24.5 Å². The van der Waals surface area contributed by atoms with Gasteiger partial charge in [0.05, 0.1) is 28.6 Å². The van der Waals surface area contributed by atoms with Crippen LogP contribution in [0.3, 0.4) is 0 Å². The number of carbonyl (C=O) groups excluding carboxylic acids is 1. The fraction of sp³-hybridized carbons (Fsp3) is 0.261. The predicted molar refractivity (Wildman–Crippen MR) is 115 cm³/mol. The van der Waals surface area contributed by atoms with Crippen molar-refractivity contribution < 1.29 is 18.0 Å². The Morgan fingerprint density at radius 3 is 2.61 bits per heavy atom. The normalized spacial score (nSPS) is 12.2. The second kappa shape index (κ2) is 8.26. The van der Waals surface area contributed by atoms with Crippen molar-refractivity contribution in [1.29, 1.82) is 5.26 Å². The van der Waals surface area contributed by atoms with Crippen LogP contribution in [0.15, 0.2) is 35.5 Å². The van der Waals surface area contributed by atoms with Gasteiger partial charge in [-0.25, -0.2) is 0 Å². The van der Waals surface area contributed by atoms with Gasteiger partial charge in [-0.05, 0) is 55.2 Å². The number of nitrogens with two attached hydrogens (primary N) is 1. The summed E-state index contributed by atoms with van der Waals surface area (Å²) in [5.41, 5.74) is 10.1. The Morgan fingerprint density at radius 1 is 1.29 bits per heavy atom. The molecule has 2 aromatic carbocycles. The number of aryl methyl sites for hydroxylation is 2. The minimum atomic E-state index is -4.97. The van der Waals surface area contributed by atoms with E-state index in [4.69, 9.17) is 11.0 Å². The van der Waals surface area contributed by atoms with Gasteiger partial charge < -0.3 is 10.7 Å². The Labute approximate surface area is 177 Å². The van der Waals surface area contributed by atoms with Crippen LogP contribution in [-0.4, -0.2) is 22.7 Å². The molecule has 0 fully saturated rings. The third-order valence-corrected chi connectivity index (χ3v) is 5.14. The zero-order chi connectivity index (χ0) is 22.9. The van der Waals surface area contributed by atoms with Crippen LogP contribution in [0.1, 0.15) is 46.5 Å². The number of aromatic amines is 1. The molecule has 8 heteroatoms. The number of rotatable bonds is 5. The van der Waals surface area contributed by atoms with E-state index in [1.807, 2.05) is 19.1 Å². The highest BCUT2D eigenvalue weighted by molar-refractivity contribution is 6.13. The number of hydrogen-bond donors (Lipinski definition) is 2. The van der Waals surface area contributed by atoms with Crippen LogP contribution in [0.5, 0.6) is 0 Å². The Balaban J connectivity index is 2.17. The Kier molecular flexibility index (Phi) is 5.89. The first-order chi connectivity index (χ1) is 14.6. The van der Waals surface area contributed by atoms with E-state index < -0.39 is 17.5 Å². The number of aromatic nitrogens is 1. The lowest BCUT2D eigenvalue weighted by Crippen LogP contribution is -2.22. The first-order valence-electron chi connectivity index (χ1n) is 9.64. The second-order valence-electron chi connectivity index (χ2n) is 7.37. The van der Waals surface area contributed by atoms with Gasteiger partial charge in [-0.15, -0.1) is 0 Å². The summed E-state index contributed by atoms with van der Waals surface area (Å²) < 4.78 is 39.6. The van der Waals surface area contributed by atoms with Crippen LogP contribution in [0.2, 0.25) is 0 Å². The molecule has 1 aromatic heterocycles. The van der Waals surface area contributed by atoms with Gasteiger partial charge in [-0.3, -0.25) is 9.79 Å². The standard InChI is InChI=1S/C23H21F3N4O/c1-4-15-7-12(2)21-20(17(11-29-21)22(31)23(24,25)26)16(15)8-13(3)30-19-9-14(10-27)5-6-18(19)28/h5-7,9,11,29H,4,8,28H2,1-3H3. The highest BCUT2D eigenvalue weighted by atomic mass is 19.4. The summed E-state index contributed by atoms with van der Waals surface area (Å²) in [6.07, 6.45) is -3.04. The van der Waals surface area contributed by atoms with Gasteiger partial charge in [0.25, 0.3) is 5.78 Å². The summed E-state index contributed by atoms with van der Waals surface area (Å²) >= 11 is 0. The van der Waals surface area contributed by atoms with Gasteiger partial charge in [-0.2, -0.15) is 18.4 Å². The van der Waals surface area contributed by atoms with Gasteiger partial charge in [0.1, 0.15) is 0 Å². The van der Waals surface area contributed by atoms with Crippen LogP contribution in [-0.2, 0) is 12.8 Å². The van der Waals surface area contributed by atoms with Crippen LogP contribution >= 0.6 is 0 Å². The lowest BCUT2D eigenvalue weighted by Gasteiger charge is -2.14. The summed E-state index contributed by atoms with van der Waals surface area (Å²) in [7, 11) is 0. The molecule has 31 heavy (non-hydrogen) atoms. The number of ketones is 1. The van der Waals surface area contributed by atoms with Crippen molar-refractivity contribution in [2.24, 2.45) is 4.99 Å². The quantitative estimate of drug-likeness (QED) is 0.317. The molecule has 5 nitrogen and oxygen atoms in total. The molecule has 0 aliphatic carbocycles. The lowest BCUT2D eigenvalue weighted by molar-refractivity contribution is -0.0884. The van der Waals surface area contributed by atoms with Crippen molar-refractivity contribution in [3.8, 4) is 6.07 Å². The first kappa shape index (κ1) is 22.1. The third kappa shape index (κ3) is 4.31. The second-order valence-corrected chi connectivity index (χ2v) is 7.37. The van der Waals surface area contributed by atoms with Gasteiger partial charge >= 0.3 is 6.18 Å². The summed E-state index contributed by atoms with van der Waals surface area (Å²) in [6, 6.07) is 8.65. The molecular weight excluding hydrogens is 405 g/mol. The van der Waals surface area contributed by atoms with E-state index in [1.165, 1.54) is 0 Å². The van der Waals surface area contributed by atoms with Crippen LogP contribution < -0.4 is 5.73 Å². The highest BCUT2D eigenvalue weighted by Gasteiger charge is 2.41. The molecular formula is C23H21F3N4O. The molecule has 1 heterocycles. The topological polar surface area (TPSA) is 95.0 Å². The third-order valence-electron chi connectivity index (χ3n) is 5.14. The van der Waals surface area contributed by atoms with Crippen LogP contribution in [0, 0.1) is 18.3 Å². The van der Waals surface area contributed by atoms with Crippen molar-refractivity contribution >= 4 is 33.8 Å². The van der Waals surface area contributed by atoms with Crippen molar-refractivity contribution in [3.63, 3.8) is 0 Å². The Bertz CT molecular complexity index is 1250. The number of fused-ring (bicyclic) bond motifs is 1. The van der Waals surface area contributed by atoms with E-state index in [-0.39, 0.29) is 11.8 Å². The van der Waals surface area contributed by atoms with E-state index in [1.54, 1.807) is 32.0 Å². The molecule has 0 unspecified atom stereocenters. The fourth-order valence-corrected chi connectivity index (χ4v) is 3.69. The summed E-state index contributed by atoms with van der Waals surface area (Å²) in [6.45, 7) is 5.43. The zero-order valence-corrected chi connectivity index (χ0v) is 17.3. The molecule has 3 N–H and O–H groups in total. The number of H-pyrrole nitrogens is 1. The molecule has 0 saturated carbocycles. The lowest BCUT2D eigenvalue weighted by atomic mass is 9.91. The number of anilines is 1. The number of nitrogen functional groups attached to an aromatic ring is 1. The number of benzene rings is 2. The van der Waals surface area contributed by atoms with Gasteiger partial charge in [0.2, 0.25) is 0 Å². The minimum absolute atomic E-state index is 0.228. The Hall–Kier alpha value is -3.60. The molecule has 0 radical (unpaired) electrons. The molecule has 3 aromatic rings. The SMILES string of the molecule is CCc1cc(C)c2[nH]cc(C(=O)C(F)(F)F)c2c1CC(C)=Nc1cc(C#N)ccc1N. The molecule has 0 aliphatic heterocycles. The summed E-state index contributed by atoms with van der Waals surface area (Å²) in [4.78, 5) is 19.4. The number of alkyl halides is 3. The van der Waals surface area contributed by atoms with Crippen molar-refractivity contribution in [2.45, 2.75) is 39.8 Å². The maximum absolute atomic E-state index is 13.2. The monoisotopic (exact) mass is 426 g/mol. The maximum atomic E-state index is 13.2. The maximum Gasteiger partial charge on any atom is 0.454 e. The largest absolute Gasteiger partial charge is 0.454 e. The van der Waals surface area contributed by atoms with E-state index >= 15 is 0 Å². The van der Waals surface area contributed by atoms with Gasteiger partial charge in [0.15, 0.2) is 0 Å². The van der Waals surface area contributed by atoms with Crippen molar-refractivity contribution in [2.75, 3.05) is 5.73 Å². The summed E-state index contributed by atoms with van der Waals surface area (Å²) in [5.74, 6) is -1.88. The molecule has 0 bridgehead atoms. The molecule has 160 valence electrons. The highest BCUT2D eigenvalue weighted by Crippen LogP contribution is 2.34. The smallest absolute Gasteiger partial charge is 0.397 e. The molecule has 3 rings (SSSR count). The number of carbonyl (C=O) groups is 1. The minimum Gasteiger partial charge on any atom is -0.397 e.